The minimum absolute atomic E-state index is 0.0389. The number of fused-ring (bicyclic) bond motifs is 1. The van der Waals surface area contributed by atoms with Gasteiger partial charge in [-0.05, 0) is 31.5 Å². The number of hydrogen-bond acceptors (Lipinski definition) is 4. The summed E-state index contributed by atoms with van der Waals surface area (Å²) in [5.41, 5.74) is 2.66. The highest BCUT2D eigenvalue weighted by Gasteiger charge is 2.38. The zero-order valence-electron chi connectivity index (χ0n) is 17.7. The van der Waals surface area contributed by atoms with Gasteiger partial charge in [-0.2, -0.15) is 0 Å². The van der Waals surface area contributed by atoms with Crippen LogP contribution < -0.4 is 4.90 Å². The second kappa shape index (κ2) is 9.53. The number of benzene rings is 2. The highest BCUT2D eigenvalue weighted by atomic mass is 16.5. The summed E-state index contributed by atoms with van der Waals surface area (Å²) in [5, 5.41) is 0. The zero-order chi connectivity index (χ0) is 21.7. The smallest absolute Gasteiger partial charge is 0.269 e. The number of amides is 2. The quantitative estimate of drug-likeness (QED) is 0.260. The fraction of sp³-hybridized carbons (Fsp3) is 0.320. The van der Waals surface area contributed by atoms with Crippen molar-refractivity contribution in [3.05, 3.63) is 65.2 Å². The lowest BCUT2D eigenvalue weighted by atomic mass is 9.97. The molecule has 5 nitrogen and oxygen atoms in total. The third-order valence-electron chi connectivity index (χ3n) is 5.12. The summed E-state index contributed by atoms with van der Waals surface area (Å²) in [4.78, 5) is 39.3. The molecule has 0 aromatic heterocycles. The largest absolute Gasteiger partial charge is 0.492 e. The summed E-state index contributed by atoms with van der Waals surface area (Å²) >= 11 is 0. The number of carbonyl (C=O) groups is 3. The number of nitrogens with zero attached hydrogens (tertiary/aromatic N) is 1. The van der Waals surface area contributed by atoms with Crippen molar-refractivity contribution >= 4 is 34.6 Å². The van der Waals surface area contributed by atoms with Crippen LogP contribution in [0, 0.1) is 0 Å². The topological polar surface area (TPSA) is 63.7 Å². The van der Waals surface area contributed by atoms with Crippen molar-refractivity contribution in [1.82, 2.24) is 0 Å². The van der Waals surface area contributed by atoms with E-state index in [4.69, 9.17) is 4.74 Å². The number of hydrogen-bond donors (Lipinski definition) is 0. The van der Waals surface area contributed by atoms with Gasteiger partial charge in [-0.25, -0.2) is 4.90 Å². The lowest BCUT2D eigenvalue weighted by molar-refractivity contribution is -0.122. The van der Waals surface area contributed by atoms with Gasteiger partial charge in [0.05, 0.1) is 17.9 Å². The Hall–Kier alpha value is -3.21. The number of rotatable bonds is 8. The first-order valence-corrected chi connectivity index (χ1v) is 10.4. The Morgan fingerprint density at radius 2 is 1.70 bits per heavy atom. The van der Waals surface area contributed by atoms with Crippen LogP contribution >= 0.6 is 0 Å². The molecule has 0 atom stereocenters. The molecule has 0 saturated heterocycles. The molecule has 0 unspecified atom stereocenters. The highest BCUT2D eigenvalue weighted by molar-refractivity contribution is 6.43. The number of carbonyl (C=O) groups excluding carboxylic acids is 3. The third kappa shape index (κ3) is 4.20. The van der Waals surface area contributed by atoms with Crippen molar-refractivity contribution in [3.8, 4) is 0 Å². The van der Waals surface area contributed by atoms with Gasteiger partial charge in [-0.3, -0.25) is 14.4 Å². The average molecular weight is 405 g/mol. The molecule has 0 saturated carbocycles. The number of Topliss-reactive ketones (excluding diaryl/α,β-unsaturated/α-hetero) is 1. The second-order valence-electron chi connectivity index (χ2n) is 7.27. The van der Waals surface area contributed by atoms with E-state index in [9.17, 15) is 14.4 Å². The average Bonchev–Trinajstić information content (AvgIpc) is 3.03. The SMILES string of the molecule is CCCCCC(=O)c1ccc2c(c1)/C(=C(\OCC)c1ccccc1)C(=O)N2C(C)=O. The molecule has 0 aliphatic carbocycles. The molecule has 1 aliphatic rings. The molecule has 156 valence electrons. The van der Waals surface area contributed by atoms with E-state index in [1.165, 1.54) is 6.92 Å². The number of ketones is 1. The Balaban J connectivity index is 2.16. The molecule has 3 rings (SSSR count). The highest BCUT2D eigenvalue weighted by Crippen LogP contribution is 2.42. The van der Waals surface area contributed by atoms with E-state index in [2.05, 4.69) is 6.92 Å². The number of imide groups is 1. The first-order chi connectivity index (χ1) is 14.5. The molecule has 0 spiro atoms. The summed E-state index contributed by atoms with van der Waals surface area (Å²) in [6.07, 6.45) is 3.34. The molecule has 1 heterocycles. The number of unbranched alkanes of at least 4 members (excludes halogenated alkanes) is 2. The van der Waals surface area contributed by atoms with Crippen molar-refractivity contribution in [1.29, 1.82) is 0 Å². The van der Waals surface area contributed by atoms with Crippen LogP contribution in [-0.2, 0) is 14.3 Å². The molecule has 30 heavy (non-hydrogen) atoms. The van der Waals surface area contributed by atoms with Crippen LogP contribution in [0.4, 0.5) is 5.69 Å². The fourth-order valence-corrected chi connectivity index (χ4v) is 3.69. The van der Waals surface area contributed by atoms with E-state index in [0.717, 1.165) is 29.7 Å². The third-order valence-corrected chi connectivity index (χ3v) is 5.12. The van der Waals surface area contributed by atoms with E-state index < -0.39 is 5.91 Å². The zero-order valence-corrected chi connectivity index (χ0v) is 17.7. The Bertz CT molecular complexity index is 991. The summed E-state index contributed by atoms with van der Waals surface area (Å²) in [7, 11) is 0. The van der Waals surface area contributed by atoms with Crippen LogP contribution in [0.25, 0.3) is 11.3 Å². The molecule has 0 bridgehead atoms. The van der Waals surface area contributed by atoms with Gasteiger partial charge in [0.2, 0.25) is 5.91 Å². The molecule has 1 aliphatic heterocycles. The predicted octanol–water partition coefficient (Wildman–Crippen LogP) is 5.25. The van der Waals surface area contributed by atoms with E-state index in [1.807, 2.05) is 37.3 Å². The molecule has 0 N–H and O–H groups in total. The van der Waals surface area contributed by atoms with Crippen LogP contribution in [0.1, 0.15) is 67.9 Å². The van der Waals surface area contributed by atoms with Gasteiger partial charge in [0.15, 0.2) is 5.78 Å². The van der Waals surface area contributed by atoms with Crippen LogP contribution in [0.2, 0.25) is 0 Å². The Morgan fingerprint density at radius 1 is 0.967 bits per heavy atom. The van der Waals surface area contributed by atoms with E-state index in [-0.39, 0.29) is 11.7 Å². The molecule has 5 heteroatoms. The molecular weight excluding hydrogens is 378 g/mol. The Morgan fingerprint density at radius 3 is 2.33 bits per heavy atom. The first kappa shape index (κ1) is 21.5. The van der Waals surface area contributed by atoms with Gasteiger partial charge < -0.3 is 4.74 Å². The van der Waals surface area contributed by atoms with Crippen molar-refractivity contribution < 1.29 is 19.1 Å². The van der Waals surface area contributed by atoms with E-state index in [0.29, 0.717) is 41.2 Å². The fourth-order valence-electron chi connectivity index (χ4n) is 3.69. The monoisotopic (exact) mass is 405 g/mol. The molecular formula is C25H27NO4. The van der Waals surface area contributed by atoms with Gasteiger partial charge in [0, 0.05) is 30.0 Å². The lowest BCUT2D eigenvalue weighted by Crippen LogP contribution is -2.31. The van der Waals surface area contributed by atoms with Crippen LogP contribution in [-0.4, -0.2) is 24.2 Å². The minimum Gasteiger partial charge on any atom is -0.492 e. The number of anilines is 1. The van der Waals surface area contributed by atoms with Gasteiger partial charge >= 0.3 is 0 Å². The normalized spacial score (nSPS) is 14.5. The maximum atomic E-state index is 13.3. The molecule has 0 fully saturated rings. The second-order valence-corrected chi connectivity index (χ2v) is 7.27. The van der Waals surface area contributed by atoms with Crippen molar-refractivity contribution in [3.63, 3.8) is 0 Å². The van der Waals surface area contributed by atoms with Crippen molar-refractivity contribution in [2.45, 2.75) is 46.5 Å². The van der Waals surface area contributed by atoms with Crippen LogP contribution in [0.3, 0.4) is 0 Å². The molecule has 0 radical (unpaired) electrons. The molecule has 2 aromatic rings. The van der Waals surface area contributed by atoms with E-state index >= 15 is 0 Å². The number of ether oxygens (including phenoxy) is 1. The predicted molar refractivity (Wildman–Crippen MR) is 118 cm³/mol. The van der Waals surface area contributed by atoms with Gasteiger partial charge in [-0.15, -0.1) is 0 Å². The maximum absolute atomic E-state index is 13.3. The van der Waals surface area contributed by atoms with Gasteiger partial charge in [0.25, 0.3) is 5.91 Å². The van der Waals surface area contributed by atoms with E-state index in [1.54, 1.807) is 18.2 Å². The Labute approximate surface area is 177 Å². The molecule has 2 amide bonds. The van der Waals surface area contributed by atoms with Crippen LogP contribution in [0.15, 0.2) is 48.5 Å². The van der Waals surface area contributed by atoms with Crippen molar-refractivity contribution in [2.75, 3.05) is 11.5 Å². The van der Waals surface area contributed by atoms with Crippen molar-refractivity contribution in [2.24, 2.45) is 0 Å². The first-order valence-electron chi connectivity index (χ1n) is 10.4. The van der Waals surface area contributed by atoms with Gasteiger partial charge in [-0.1, -0.05) is 50.1 Å². The summed E-state index contributed by atoms with van der Waals surface area (Å²) in [6.45, 7) is 5.67. The van der Waals surface area contributed by atoms with Crippen LogP contribution in [0.5, 0.6) is 0 Å². The minimum atomic E-state index is -0.430. The summed E-state index contributed by atoms with van der Waals surface area (Å²) in [6, 6.07) is 14.4. The lowest BCUT2D eigenvalue weighted by Gasteiger charge is -2.13. The molecule has 2 aromatic carbocycles. The maximum Gasteiger partial charge on any atom is 0.269 e. The summed E-state index contributed by atoms with van der Waals surface area (Å²) in [5.74, 6) is -0.344. The summed E-state index contributed by atoms with van der Waals surface area (Å²) < 4.78 is 5.88. The standard InChI is InChI=1S/C25H27NO4/c1-4-6-8-13-22(28)19-14-15-21-20(16-19)23(25(29)26(21)17(3)27)24(30-5-2)18-11-9-7-10-12-18/h7,9-12,14-16H,4-6,8,13H2,1-3H3/b24-23+. The Kier molecular flexibility index (Phi) is 6.83. The van der Waals surface area contributed by atoms with Gasteiger partial charge in [0.1, 0.15) is 5.76 Å².